The van der Waals surface area contributed by atoms with Crippen molar-refractivity contribution >= 4 is 5.97 Å². The molecule has 0 heterocycles. The van der Waals surface area contributed by atoms with Crippen LogP contribution in [0.25, 0.3) is 0 Å². The predicted molar refractivity (Wildman–Crippen MR) is 129 cm³/mol. The third-order valence-electron chi connectivity index (χ3n) is 7.91. The van der Waals surface area contributed by atoms with Crippen LogP contribution < -0.4 is 9.47 Å². The summed E-state index contributed by atoms with van der Waals surface area (Å²) in [4.78, 5) is 12.5. The third kappa shape index (κ3) is 5.74. The Bertz CT molecular complexity index is 839. The van der Waals surface area contributed by atoms with Crippen LogP contribution in [0.2, 0.25) is 0 Å². The number of carbonyl (C=O) groups excluding carboxylic acids is 1. The monoisotopic (exact) mass is 434 g/mol. The van der Waals surface area contributed by atoms with E-state index in [1.54, 1.807) is 31.4 Å². The van der Waals surface area contributed by atoms with E-state index < -0.39 is 0 Å². The summed E-state index contributed by atoms with van der Waals surface area (Å²) in [6.07, 6.45) is 13.9. The second kappa shape index (κ2) is 11.0. The van der Waals surface area contributed by atoms with Gasteiger partial charge in [0.2, 0.25) is 0 Å². The zero-order valence-corrected chi connectivity index (χ0v) is 19.7. The lowest BCUT2D eigenvalue weighted by Gasteiger charge is -2.38. The van der Waals surface area contributed by atoms with Crippen LogP contribution >= 0.6 is 0 Å². The Hall–Kier alpha value is -2.29. The minimum absolute atomic E-state index is 0.316. The number of methoxy groups -OCH3 is 1. The number of ether oxygens (including phenoxy) is 2. The second-order valence-corrected chi connectivity index (χ2v) is 9.87. The molecule has 3 heteroatoms. The molecule has 0 unspecified atom stereocenters. The molecule has 2 saturated carbocycles. The van der Waals surface area contributed by atoms with Gasteiger partial charge in [-0.15, -0.1) is 0 Å². The molecule has 0 saturated heterocycles. The molecular weight excluding hydrogens is 396 g/mol. The quantitative estimate of drug-likeness (QED) is 0.329. The lowest BCUT2D eigenvalue weighted by atomic mass is 9.68. The standard InChI is InChI=1S/C29H38O3/c1-3-4-21-5-7-22(8-6-21)23-9-11-24(12-10-23)25-13-15-26(16-14-25)29(30)32-28-19-17-27(31-2)18-20-28/h13-24H,3-12H2,1-2H3/t21-,22-,23-,24-. The Morgan fingerprint density at radius 1 is 0.781 bits per heavy atom. The molecule has 0 bridgehead atoms. The van der Waals surface area contributed by atoms with E-state index in [4.69, 9.17) is 9.47 Å². The highest BCUT2D eigenvalue weighted by atomic mass is 16.5. The summed E-state index contributed by atoms with van der Waals surface area (Å²) < 4.78 is 10.6. The van der Waals surface area contributed by atoms with E-state index >= 15 is 0 Å². The lowest BCUT2D eigenvalue weighted by Crippen LogP contribution is -2.25. The number of benzene rings is 2. The summed E-state index contributed by atoms with van der Waals surface area (Å²) in [5.74, 6) is 4.50. The average molecular weight is 435 g/mol. The number of carbonyl (C=O) groups is 1. The Morgan fingerprint density at radius 3 is 1.91 bits per heavy atom. The molecule has 4 rings (SSSR count). The van der Waals surface area contributed by atoms with E-state index in [2.05, 4.69) is 19.1 Å². The molecule has 0 amide bonds. The summed E-state index contributed by atoms with van der Waals surface area (Å²) in [7, 11) is 1.62. The van der Waals surface area contributed by atoms with Gasteiger partial charge in [0.15, 0.2) is 0 Å². The topological polar surface area (TPSA) is 35.5 Å². The van der Waals surface area contributed by atoms with Crippen molar-refractivity contribution in [3.05, 3.63) is 59.7 Å². The molecule has 2 aliphatic rings. The molecule has 0 N–H and O–H groups in total. The normalized spacial score (nSPS) is 25.8. The minimum atomic E-state index is -0.316. The number of hydrogen-bond donors (Lipinski definition) is 0. The van der Waals surface area contributed by atoms with Crippen molar-refractivity contribution in [2.45, 2.75) is 77.0 Å². The zero-order valence-electron chi connectivity index (χ0n) is 19.7. The van der Waals surface area contributed by atoms with Crippen LogP contribution in [0.3, 0.4) is 0 Å². The van der Waals surface area contributed by atoms with Gasteiger partial charge in [-0.3, -0.25) is 0 Å². The fraction of sp³-hybridized carbons (Fsp3) is 0.552. The van der Waals surface area contributed by atoms with Crippen LogP contribution in [-0.4, -0.2) is 13.1 Å². The van der Waals surface area contributed by atoms with Gasteiger partial charge in [-0.05, 0) is 104 Å². The highest BCUT2D eigenvalue weighted by Gasteiger charge is 2.31. The molecular formula is C29H38O3. The van der Waals surface area contributed by atoms with Gasteiger partial charge >= 0.3 is 5.97 Å². The summed E-state index contributed by atoms with van der Waals surface area (Å²) >= 11 is 0. The van der Waals surface area contributed by atoms with E-state index in [1.807, 2.05) is 12.1 Å². The molecule has 3 nitrogen and oxygen atoms in total. The second-order valence-electron chi connectivity index (χ2n) is 9.87. The summed E-state index contributed by atoms with van der Waals surface area (Å²) in [6.45, 7) is 2.32. The van der Waals surface area contributed by atoms with Gasteiger partial charge in [-0.1, -0.05) is 44.7 Å². The van der Waals surface area contributed by atoms with Crippen LogP contribution in [0.1, 0.15) is 93.0 Å². The van der Waals surface area contributed by atoms with Crippen LogP contribution in [0.15, 0.2) is 48.5 Å². The van der Waals surface area contributed by atoms with Crippen molar-refractivity contribution < 1.29 is 14.3 Å². The van der Waals surface area contributed by atoms with Crippen LogP contribution in [0.5, 0.6) is 11.5 Å². The Balaban J connectivity index is 1.26. The van der Waals surface area contributed by atoms with E-state index in [0.717, 1.165) is 23.5 Å². The number of hydrogen-bond acceptors (Lipinski definition) is 3. The van der Waals surface area contributed by atoms with Gasteiger partial charge in [0.25, 0.3) is 0 Å². The van der Waals surface area contributed by atoms with Crippen LogP contribution in [0, 0.1) is 17.8 Å². The van der Waals surface area contributed by atoms with Gasteiger partial charge in [-0.25, -0.2) is 4.79 Å². The summed E-state index contributed by atoms with van der Waals surface area (Å²) in [5.41, 5.74) is 1.97. The fourth-order valence-corrected chi connectivity index (χ4v) is 5.98. The van der Waals surface area contributed by atoms with Crippen molar-refractivity contribution in [2.24, 2.45) is 17.8 Å². The highest BCUT2D eigenvalue weighted by molar-refractivity contribution is 5.91. The van der Waals surface area contributed by atoms with Gasteiger partial charge < -0.3 is 9.47 Å². The lowest BCUT2D eigenvalue weighted by molar-refractivity contribution is 0.0734. The SMILES string of the molecule is CCC[C@H]1CC[C@H]([C@H]2CC[C@H](c3ccc(C(=O)Oc4ccc(OC)cc4)cc3)CC2)CC1. The Morgan fingerprint density at radius 2 is 1.34 bits per heavy atom. The maximum Gasteiger partial charge on any atom is 0.343 e. The zero-order chi connectivity index (χ0) is 22.3. The van der Waals surface area contributed by atoms with Gasteiger partial charge in [0, 0.05) is 0 Å². The van der Waals surface area contributed by atoms with Crippen molar-refractivity contribution in [3.8, 4) is 11.5 Å². The molecule has 0 radical (unpaired) electrons. The van der Waals surface area contributed by atoms with Gasteiger partial charge in [0.1, 0.15) is 11.5 Å². The first-order valence-corrected chi connectivity index (χ1v) is 12.6. The largest absolute Gasteiger partial charge is 0.497 e. The predicted octanol–water partition coefficient (Wildman–Crippen LogP) is 7.79. The van der Waals surface area contributed by atoms with Crippen molar-refractivity contribution in [3.63, 3.8) is 0 Å². The maximum atomic E-state index is 12.5. The molecule has 2 aromatic rings. The smallest absolute Gasteiger partial charge is 0.343 e. The molecule has 2 aliphatic carbocycles. The van der Waals surface area contributed by atoms with E-state index in [0.29, 0.717) is 17.2 Å². The van der Waals surface area contributed by atoms with Crippen LogP contribution in [0.4, 0.5) is 0 Å². The summed E-state index contributed by atoms with van der Waals surface area (Å²) in [6, 6.07) is 15.2. The third-order valence-corrected chi connectivity index (χ3v) is 7.91. The molecule has 0 atom stereocenters. The Kier molecular flexibility index (Phi) is 7.89. The highest BCUT2D eigenvalue weighted by Crippen LogP contribution is 2.44. The van der Waals surface area contributed by atoms with Crippen molar-refractivity contribution in [1.29, 1.82) is 0 Å². The molecule has 0 spiro atoms. The molecule has 0 aliphatic heterocycles. The molecule has 2 aromatic carbocycles. The minimum Gasteiger partial charge on any atom is -0.497 e. The van der Waals surface area contributed by atoms with Crippen LogP contribution in [-0.2, 0) is 0 Å². The molecule has 2 fully saturated rings. The van der Waals surface area contributed by atoms with E-state index in [-0.39, 0.29) is 5.97 Å². The number of esters is 1. The van der Waals surface area contributed by atoms with Gasteiger partial charge in [-0.2, -0.15) is 0 Å². The molecule has 172 valence electrons. The van der Waals surface area contributed by atoms with Crippen molar-refractivity contribution in [2.75, 3.05) is 7.11 Å². The molecule has 32 heavy (non-hydrogen) atoms. The van der Waals surface area contributed by atoms with E-state index in [9.17, 15) is 4.79 Å². The first-order valence-electron chi connectivity index (χ1n) is 12.6. The first kappa shape index (κ1) is 22.9. The number of rotatable bonds is 7. The first-order chi connectivity index (χ1) is 15.7. The maximum absolute atomic E-state index is 12.5. The van der Waals surface area contributed by atoms with Crippen molar-refractivity contribution in [1.82, 2.24) is 0 Å². The average Bonchev–Trinajstić information content (AvgIpc) is 2.85. The van der Waals surface area contributed by atoms with Gasteiger partial charge in [0.05, 0.1) is 12.7 Å². The van der Waals surface area contributed by atoms with E-state index in [1.165, 1.54) is 69.8 Å². The summed E-state index contributed by atoms with van der Waals surface area (Å²) in [5, 5.41) is 0. The molecule has 0 aromatic heterocycles. The fourth-order valence-electron chi connectivity index (χ4n) is 5.98. The Labute approximate surface area is 193 Å².